The number of halogens is 1. The lowest BCUT2D eigenvalue weighted by atomic mass is 10.0. The van der Waals surface area contributed by atoms with Gasteiger partial charge in [0, 0.05) is 21.7 Å². The largest absolute Gasteiger partial charge is 0.497 e. The van der Waals surface area contributed by atoms with Gasteiger partial charge in [0.1, 0.15) is 17.1 Å². The van der Waals surface area contributed by atoms with E-state index in [0.29, 0.717) is 38.9 Å². The molecule has 3 aromatic carbocycles. The van der Waals surface area contributed by atoms with Gasteiger partial charge in [-0.2, -0.15) is 0 Å². The molecule has 0 saturated heterocycles. The minimum Gasteiger partial charge on any atom is -0.497 e. The number of amides is 1. The van der Waals surface area contributed by atoms with Crippen LogP contribution in [-0.2, 0) is 11.2 Å². The molecule has 0 fully saturated rings. The molecule has 0 bridgehead atoms. The van der Waals surface area contributed by atoms with Gasteiger partial charge in [-0.25, -0.2) is 0 Å². The number of fused-ring (bicyclic) bond motifs is 1. The Morgan fingerprint density at radius 1 is 0.970 bits per heavy atom. The fourth-order valence-corrected chi connectivity index (χ4v) is 3.75. The smallest absolute Gasteiger partial charge is 0.232 e. The third-order valence-electron chi connectivity index (χ3n) is 5.36. The van der Waals surface area contributed by atoms with E-state index < -0.39 is 0 Å². The second-order valence-corrected chi connectivity index (χ2v) is 7.95. The summed E-state index contributed by atoms with van der Waals surface area (Å²) >= 11 is 5.90. The van der Waals surface area contributed by atoms with Crippen LogP contribution in [0.1, 0.15) is 27.2 Å². The third kappa shape index (κ3) is 4.71. The molecule has 4 rings (SSSR count). The normalized spacial score (nSPS) is 10.8. The van der Waals surface area contributed by atoms with Crippen molar-refractivity contribution in [3.05, 3.63) is 88.1 Å². The molecule has 1 N–H and O–H groups in total. The van der Waals surface area contributed by atoms with Gasteiger partial charge in [0.15, 0.2) is 5.76 Å². The van der Waals surface area contributed by atoms with Crippen molar-refractivity contribution in [3.8, 4) is 11.5 Å². The summed E-state index contributed by atoms with van der Waals surface area (Å²) in [5.41, 5.74) is 3.04. The van der Waals surface area contributed by atoms with Crippen molar-refractivity contribution in [2.24, 2.45) is 0 Å². The molecule has 1 aromatic heterocycles. The predicted molar refractivity (Wildman–Crippen MR) is 128 cm³/mol. The van der Waals surface area contributed by atoms with E-state index in [4.69, 9.17) is 25.5 Å². The number of carbonyl (C=O) groups is 2. The predicted octanol–water partition coefficient (Wildman–Crippen LogP) is 5.82. The van der Waals surface area contributed by atoms with E-state index in [1.165, 1.54) is 14.2 Å². The van der Waals surface area contributed by atoms with Gasteiger partial charge in [-0.05, 0) is 61.0 Å². The lowest BCUT2D eigenvalue weighted by molar-refractivity contribution is -0.115. The summed E-state index contributed by atoms with van der Waals surface area (Å²) in [4.78, 5) is 25.7. The molecule has 0 saturated carbocycles. The number of furan rings is 1. The van der Waals surface area contributed by atoms with Crippen molar-refractivity contribution < 1.29 is 23.5 Å². The molecule has 168 valence electrons. The summed E-state index contributed by atoms with van der Waals surface area (Å²) in [6.45, 7) is 1.81. The number of carbonyl (C=O) groups excluding carboxylic acids is 2. The maximum absolute atomic E-state index is 13.3. The lowest BCUT2D eigenvalue weighted by Gasteiger charge is -2.09. The van der Waals surface area contributed by atoms with E-state index in [-0.39, 0.29) is 23.9 Å². The molecule has 0 spiro atoms. The summed E-state index contributed by atoms with van der Waals surface area (Å²) in [6.07, 6.45) is 0.221. The van der Waals surface area contributed by atoms with Gasteiger partial charge in [-0.3, -0.25) is 9.59 Å². The van der Waals surface area contributed by atoms with Crippen LogP contribution in [0.15, 0.2) is 65.1 Å². The number of anilines is 1. The van der Waals surface area contributed by atoms with Gasteiger partial charge >= 0.3 is 0 Å². The number of methoxy groups -OCH3 is 2. The summed E-state index contributed by atoms with van der Waals surface area (Å²) < 4.78 is 16.5. The molecule has 0 atom stereocenters. The number of aryl methyl sites for hydroxylation is 1. The fourth-order valence-electron chi connectivity index (χ4n) is 3.62. The molecule has 1 heterocycles. The van der Waals surface area contributed by atoms with Crippen LogP contribution in [0.3, 0.4) is 0 Å². The molecule has 1 amide bonds. The van der Waals surface area contributed by atoms with Crippen molar-refractivity contribution in [1.29, 1.82) is 0 Å². The highest BCUT2D eigenvalue weighted by atomic mass is 35.5. The zero-order valence-electron chi connectivity index (χ0n) is 18.4. The molecule has 0 aliphatic carbocycles. The lowest BCUT2D eigenvalue weighted by Crippen LogP contribution is -2.14. The zero-order chi connectivity index (χ0) is 23.5. The molecule has 0 unspecified atom stereocenters. The third-order valence-corrected chi connectivity index (χ3v) is 5.61. The van der Waals surface area contributed by atoms with E-state index in [9.17, 15) is 9.59 Å². The summed E-state index contributed by atoms with van der Waals surface area (Å²) in [7, 11) is 3.04. The second-order valence-electron chi connectivity index (χ2n) is 7.51. The molecule has 6 nitrogen and oxygen atoms in total. The summed E-state index contributed by atoms with van der Waals surface area (Å²) in [5.74, 6) is 0.707. The van der Waals surface area contributed by atoms with Gasteiger partial charge in [-0.1, -0.05) is 23.7 Å². The summed E-state index contributed by atoms with van der Waals surface area (Å²) in [5, 5.41) is 4.26. The highest BCUT2D eigenvalue weighted by Gasteiger charge is 2.23. The van der Waals surface area contributed by atoms with Crippen molar-refractivity contribution in [1.82, 2.24) is 0 Å². The molecule has 0 radical (unpaired) electrons. The molecular weight excluding hydrogens is 442 g/mol. The molecule has 33 heavy (non-hydrogen) atoms. The van der Waals surface area contributed by atoms with E-state index in [2.05, 4.69) is 5.32 Å². The van der Waals surface area contributed by atoms with Crippen LogP contribution in [-0.4, -0.2) is 25.9 Å². The van der Waals surface area contributed by atoms with E-state index in [0.717, 1.165) is 10.9 Å². The van der Waals surface area contributed by atoms with Crippen molar-refractivity contribution in [3.63, 3.8) is 0 Å². The monoisotopic (exact) mass is 463 g/mol. The molecule has 7 heteroatoms. The SMILES string of the molecule is COc1ccc(OC)c(C(=O)c2oc3ccc(NC(=O)Cc4ccc(Cl)cc4)cc3c2C)c1. The average molecular weight is 464 g/mol. The number of ether oxygens (including phenoxy) is 2. The van der Waals surface area contributed by atoms with E-state index >= 15 is 0 Å². The average Bonchev–Trinajstić information content (AvgIpc) is 3.15. The number of rotatable bonds is 7. The first-order valence-corrected chi connectivity index (χ1v) is 10.6. The fraction of sp³-hybridized carbons (Fsp3) is 0.154. The van der Waals surface area contributed by atoms with Crippen LogP contribution in [0.5, 0.6) is 11.5 Å². The number of hydrogen-bond donors (Lipinski definition) is 1. The second kappa shape index (κ2) is 9.38. The Labute approximate surface area is 196 Å². The van der Waals surface area contributed by atoms with Crippen LogP contribution in [0, 0.1) is 6.92 Å². The Kier molecular flexibility index (Phi) is 6.38. The maximum atomic E-state index is 13.3. The Morgan fingerprint density at radius 2 is 1.73 bits per heavy atom. The Bertz CT molecular complexity index is 1340. The van der Waals surface area contributed by atoms with Gasteiger partial charge in [0.05, 0.1) is 26.2 Å². The van der Waals surface area contributed by atoms with Gasteiger partial charge in [0.2, 0.25) is 11.7 Å². The standard InChI is InChI=1S/C26H22ClNO5/c1-15-20-13-18(28-24(29)12-16-4-6-17(27)7-5-16)8-10-23(20)33-26(15)25(30)21-14-19(31-2)9-11-22(21)32-3/h4-11,13-14H,12H2,1-3H3,(H,28,29). The molecule has 4 aromatic rings. The minimum absolute atomic E-state index is 0.157. The van der Waals surface area contributed by atoms with E-state index in [1.54, 1.807) is 48.5 Å². The quantitative estimate of drug-likeness (QED) is 0.349. The van der Waals surface area contributed by atoms with Gasteiger partial charge < -0.3 is 19.2 Å². The molecule has 0 aliphatic heterocycles. The van der Waals surface area contributed by atoms with Crippen LogP contribution in [0.2, 0.25) is 5.02 Å². The summed E-state index contributed by atoms with van der Waals surface area (Å²) in [6, 6.07) is 17.4. The first-order valence-electron chi connectivity index (χ1n) is 10.2. The van der Waals surface area contributed by atoms with E-state index in [1.807, 2.05) is 19.1 Å². The highest BCUT2D eigenvalue weighted by molar-refractivity contribution is 6.30. The Balaban J connectivity index is 1.60. The topological polar surface area (TPSA) is 77.8 Å². The first kappa shape index (κ1) is 22.4. The van der Waals surface area contributed by atoms with Crippen LogP contribution in [0.25, 0.3) is 11.0 Å². The molecule has 0 aliphatic rings. The Hall–Kier alpha value is -3.77. The number of nitrogens with one attached hydrogen (secondary N) is 1. The van der Waals surface area contributed by atoms with Crippen molar-refractivity contribution in [2.75, 3.05) is 19.5 Å². The number of benzene rings is 3. The first-order chi connectivity index (χ1) is 15.9. The van der Waals surface area contributed by atoms with Crippen LogP contribution < -0.4 is 14.8 Å². The van der Waals surface area contributed by atoms with Gasteiger partial charge in [0.25, 0.3) is 0 Å². The molecular formula is C26H22ClNO5. The minimum atomic E-state index is -0.312. The van der Waals surface area contributed by atoms with Crippen molar-refractivity contribution >= 4 is 39.9 Å². The van der Waals surface area contributed by atoms with Crippen LogP contribution in [0.4, 0.5) is 5.69 Å². The van der Waals surface area contributed by atoms with Crippen LogP contribution >= 0.6 is 11.6 Å². The highest BCUT2D eigenvalue weighted by Crippen LogP contribution is 2.32. The van der Waals surface area contributed by atoms with Crippen molar-refractivity contribution in [2.45, 2.75) is 13.3 Å². The maximum Gasteiger partial charge on any atom is 0.232 e. The number of hydrogen-bond acceptors (Lipinski definition) is 5. The van der Waals surface area contributed by atoms with Gasteiger partial charge in [-0.15, -0.1) is 0 Å². The Morgan fingerprint density at radius 3 is 2.42 bits per heavy atom. The zero-order valence-corrected chi connectivity index (χ0v) is 19.2. The number of ketones is 1.